The highest BCUT2D eigenvalue weighted by Gasteiger charge is 2.16. The first-order valence-electron chi connectivity index (χ1n) is 31.6. The van der Waals surface area contributed by atoms with Gasteiger partial charge in [0.15, 0.2) is 0 Å². The van der Waals surface area contributed by atoms with Crippen LogP contribution in [0.4, 0.5) is 4.39 Å². The molecule has 0 saturated heterocycles. The summed E-state index contributed by atoms with van der Waals surface area (Å²) in [6.07, 6.45) is 12.0. The Balaban J connectivity index is 0.000000153. The van der Waals surface area contributed by atoms with Crippen LogP contribution in [0.5, 0.6) is 23.0 Å². The molecule has 0 bridgehead atoms. The lowest BCUT2D eigenvalue weighted by atomic mass is 9.92. The highest BCUT2D eigenvalue weighted by atomic mass is 19.1. The average Bonchev–Trinajstić information content (AvgIpc) is 1.18. The topological polar surface area (TPSA) is 297 Å². The van der Waals surface area contributed by atoms with E-state index in [1.165, 1.54) is 12.1 Å². The molecule has 4 amide bonds. The maximum absolute atomic E-state index is 13.8. The number of carbonyl (C=O) groups is 4. The number of amides is 4. The second-order valence-corrected chi connectivity index (χ2v) is 23.4. The van der Waals surface area contributed by atoms with E-state index in [0.29, 0.717) is 25.7 Å². The molecule has 12 N–H and O–H groups in total. The Labute approximate surface area is 568 Å². The van der Waals surface area contributed by atoms with Crippen LogP contribution in [0.25, 0.3) is 89.1 Å². The zero-order valence-electron chi connectivity index (χ0n) is 54.2. The van der Waals surface area contributed by atoms with E-state index in [9.17, 15) is 44.0 Å². The minimum absolute atomic E-state index is 0.174. The van der Waals surface area contributed by atoms with Crippen LogP contribution in [0.1, 0.15) is 53.5 Å². The third kappa shape index (κ3) is 19.8. The number of hydrogen-bond acceptors (Lipinski definition) is 11. The Morgan fingerprint density at radius 2 is 0.724 bits per heavy atom. The first-order chi connectivity index (χ1) is 47.2. The second-order valence-electron chi connectivity index (χ2n) is 23.4. The minimum Gasteiger partial charge on any atom is -0.508 e. The zero-order chi connectivity index (χ0) is 69.7. The number of aryl methyl sites for hydroxylation is 6. The lowest BCUT2D eigenvalue weighted by Crippen LogP contribution is -2.11. The molecule has 9 aromatic carbocycles. The zero-order valence-corrected chi connectivity index (χ0v) is 54.2. The number of aromatic hydroxyl groups is 4. The van der Waals surface area contributed by atoms with Gasteiger partial charge < -0.3 is 43.4 Å². The van der Waals surface area contributed by atoms with E-state index in [2.05, 4.69) is 33.3 Å². The molecular weight excluding hydrogens is 1230 g/mol. The van der Waals surface area contributed by atoms with Crippen molar-refractivity contribution in [2.75, 3.05) is 0 Å². The van der Waals surface area contributed by atoms with Crippen molar-refractivity contribution >= 4 is 23.6 Å². The van der Waals surface area contributed by atoms with Gasteiger partial charge in [0.2, 0.25) is 23.6 Å². The number of carbonyl (C=O) groups excluding carboxylic acids is 4. The Kier molecular flexibility index (Phi) is 23.9. The molecule has 0 atom stereocenters. The molecular formula is C81H75FN8O8. The maximum atomic E-state index is 13.8. The SMILES string of the molecule is Cc1cc(F)cc(-c2ccc(-c3cccc(O)c3)c(CCC(N)=O)c2)c1.Cn1nccc1-c1ccc(-c2cccc(O)c2)c(CCC(N)=O)c1.NC(=O)CCc1cc(-c2cccnc2)ccc1-c1cccc(O)c1.NC(=O)CCc1cc(-c2ccncc2)ccc1-c1cccc(O)c1. The first-order valence-corrected chi connectivity index (χ1v) is 31.6. The number of aromatic nitrogens is 4. The molecule has 12 aromatic rings. The lowest BCUT2D eigenvalue weighted by Gasteiger charge is -2.13. The van der Waals surface area contributed by atoms with Crippen molar-refractivity contribution in [1.82, 2.24) is 19.7 Å². The van der Waals surface area contributed by atoms with Gasteiger partial charge in [-0.05, 0) is 229 Å². The summed E-state index contributed by atoms with van der Waals surface area (Å²) in [6, 6.07) is 66.9. The fourth-order valence-corrected chi connectivity index (χ4v) is 11.4. The summed E-state index contributed by atoms with van der Waals surface area (Å²) in [6.45, 7) is 1.85. The number of pyridine rings is 2. The molecule has 12 rings (SSSR count). The predicted molar refractivity (Wildman–Crippen MR) is 383 cm³/mol. The molecule has 17 heteroatoms. The summed E-state index contributed by atoms with van der Waals surface area (Å²) >= 11 is 0. The molecule has 0 saturated carbocycles. The van der Waals surface area contributed by atoms with Crippen molar-refractivity contribution < 1.29 is 44.0 Å². The van der Waals surface area contributed by atoms with E-state index in [4.69, 9.17) is 22.9 Å². The Morgan fingerprint density at radius 1 is 0.357 bits per heavy atom. The number of nitrogens with zero attached hydrogens (tertiary/aromatic N) is 4. The van der Waals surface area contributed by atoms with Crippen LogP contribution in [0, 0.1) is 12.7 Å². The largest absolute Gasteiger partial charge is 0.508 e. The van der Waals surface area contributed by atoms with Gasteiger partial charge in [0.05, 0.1) is 5.69 Å². The summed E-state index contributed by atoms with van der Waals surface area (Å²) in [5, 5.41) is 43.2. The molecule has 3 aromatic heterocycles. The highest BCUT2D eigenvalue weighted by Crippen LogP contribution is 2.36. The van der Waals surface area contributed by atoms with E-state index in [0.717, 1.165) is 117 Å². The van der Waals surface area contributed by atoms with E-state index in [1.54, 1.807) is 108 Å². The molecule has 98 heavy (non-hydrogen) atoms. The molecule has 3 heterocycles. The summed E-state index contributed by atoms with van der Waals surface area (Å²) in [5.74, 6) is -0.833. The van der Waals surface area contributed by atoms with Gasteiger partial charge in [-0.1, -0.05) is 127 Å². The van der Waals surface area contributed by atoms with Gasteiger partial charge in [-0.3, -0.25) is 33.8 Å². The number of nitrogens with two attached hydrogens (primary N) is 4. The highest BCUT2D eigenvalue weighted by molar-refractivity contribution is 5.82. The Hall–Kier alpha value is -12.5. The quantitative estimate of drug-likeness (QED) is 0.0355. The van der Waals surface area contributed by atoms with Crippen molar-refractivity contribution in [3.05, 3.63) is 283 Å². The maximum Gasteiger partial charge on any atom is 0.217 e. The molecule has 0 unspecified atom stereocenters. The molecule has 494 valence electrons. The second kappa shape index (κ2) is 33.6. The van der Waals surface area contributed by atoms with Crippen molar-refractivity contribution in [3.63, 3.8) is 0 Å². The van der Waals surface area contributed by atoms with Crippen molar-refractivity contribution in [2.24, 2.45) is 30.0 Å². The number of primary amides is 4. The average molecular weight is 1310 g/mol. The van der Waals surface area contributed by atoms with Crippen molar-refractivity contribution in [2.45, 2.75) is 58.3 Å². The molecule has 0 radical (unpaired) electrons. The molecule has 16 nitrogen and oxygen atoms in total. The van der Waals surface area contributed by atoms with Crippen LogP contribution < -0.4 is 22.9 Å². The van der Waals surface area contributed by atoms with E-state index in [-0.39, 0.29) is 78.1 Å². The van der Waals surface area contributed by atoms with Crippen LogP contribution in [-0.2, 0) is 51.9 Å². The third-order valence-corrected chi connectivity index (χ3v) is 16.1. The van der Waals surface area contributed by atoms with Gasteiger partial charge in [-0.2, -0.15) is 5.10 Å². The lowest BCUT2D eigenvalue weighted by molar-refractivity contribution is -0.118. The number of hydrogen-bond donors (Lipinski definition) is 8. The Bertz CT molecular complexity index is 4600. The number of halogens is 1. The molecule has 0 aliphatic carbocycles. The summed E-state index contributed by atoms with van der Waals surface area (Å²) < 4.78 is 15.6. The van der Waals surface area contributed by atoms with Crippen molar-refractivity contribution in [3.8, 4) is 112 Å². The van der Waals surface area contributed by atoms with Gasteiger partial charge >= 0.3 is 0 Å². The predicted octanol–water partition coefficient (Wildman–Crippen LogP) is 14.5. The molecule has 0 aliphatic heterocycles. The first kappa shape index (κ1) is 69.8. The monoisotopic (exact) mass is 1310 g/mol. The number of phenolic OH excluding ortho intramolecular Hbond substituents is 4. The third-order valence-electron chi connectivity index (χ3n) is 16.1. The molecule has 0 fully saturated rings. The minimum atomic E-state index is -0.376. The fraction of sp³-hybridized carbons (Fsp3) is 0.123. The molecule has 0 aliphatic rings. The van der Waals surface area contributed by atoms with Gasteiger partial charge in [0, 0.05) is 69.3 Å². The van der Waals surface area contributed by atoms with Crippen LogP contribution in [-0.4, -0.2) is 63.8 Å². The Morgan fingerprint density at radius 3 is 1.07 bits per heavy atom. The van der Waals surface area contributed by atoms with Crippen LogP contribution in [0.15, 0.2) is 249 Å². The molecule has 0 spiro atoms. The van der Waals surface area contributed by atoms with Crippen LogP contribution in [0.2, 0.25) is 0 Å². The fourth-order valence-electron chi connectivity index (χ4n) is 11.4. The van der Waals surface area contributed by atoms with Crippen LogP contribution in [0.3, 0.4) is 0 Å². The van der Waals surface area contributed by atoms with E-state index in [1.807, 2.05) is 129 Å². The van der Waals surface area contributed by atoms with Crippen molar-refractivity contribution in [1.29, 1.82) is 0 Å². The smallest absolute Gasteiger partial charge is 0.217 e. The normalized spacial score (nSPS) is 10.6. The number of rotatable bonds is 20. The standard InChI is InChI=1S/C22H20FNO2.2C20H18N2O2.C19H19N3O2/c1-14-9-18(12-19(23)10-14)15-5-7-21(16-3-2-4-20(25)13-16)17(11-15)6-8-22(24)26;21-20(24)9-7-16-11-14(17-4-2-10-22-13-17)6-8-19(16)15-3-1-5-18(23)12-15;21-20(24)7-5-17-12-15(14-8-10-22-11-9-14)4-6-19(17)16-2-1-3-18(23)13-16;1-22-18(9-10-21-22)15-5-7-17(13-3-2-4-16(23)12-13)14(11-15)6-8-19(20)24/h2-5,7,9-13,25H,6,8H2,1H3,(H2,24,26);1-6,8,10-13,23H,7,9H2,(H2,21,24);1-4,6,8-13,23H,5,7H2,(H2,21,24);2-5,7,9-12,23H,6,8H2,1H3,(H2,20,24). The number of benzene rings is 9. The summed E-state index contributed by atoms with van der Waals surface area (Å²) in [4.78, 5) is 53.1. The van der Waals surface area contributed by atoms with Gasteiger partial charge in [0.1, 0.15) is 28.8 Å². The summed E-state index contributed by atoms with van der Waals surface area (Å²) in [7, 11) is 1.89. The van der Waals surface area contributed by atoms with Gasteiger partial charge in [-0.25, -0.2) is 4.39 Å². The number of phenols is 4. The summed E-state index contributed by atoms with van der Waals surface area (Å²) in [5.41, 5.74) is 41.4. The van der Waals surface area contributed by atoms with Gasteiger partial charge in [0.25, 0.3) is 0 Å². The van der Waals surface area contributed by atoms with Crippen LogP contribution >= 0.6 is 0 Å². The van der Waals surface area contributed by atoms with E-state index < -0.39 is 0 Å². The van der Waals surface area contributed by atoms with Gasteiger partial charge in [-0.15, -0.1) is 0 Å². The van der Waals surface area contributed by atoms with E-state index >= 15 is 0 Å².